The van der Waals surface area contributed by atoms with Gasteiger partial charge in [-0.05, 0) is 51.2 Å². The van der Waals surface area contributed by atoms with Crippen LogP contribution in [-0.4, -0.2) is 24.5 Å². The molecule has 1 aromatic rings. The number of allylic oxidation sites excluding steroid dienone is 1. The van der Waals surface area contributed by atoms with Crippen LogP contribution >= 0.6 is 0 Å². The van der Waals surface area contributed by atoms with Gasteiger partial charge >= 0.3 is 0 Å². The fraction of sp³-hybridized carbons (Fsp3) is 0.500. The molecule has 0 saturated carbocycles. The third-order valence-electron chi connectivity index (χ3n) is 4.67. The molecule has 1 atom stereocenters. The minimum Gasteiger partial charge on any atom is -0.544 e. The Morgan fingerprint density at radius 2 is 2.08 bits per heavy atom. The van der Waals surface area contributed by atoms with E-state index in [0.717, 1.165) is 36.1 Å². The third kappa shape index (κ3) is 6.35. The fourth-order valence-corrected chi connectivity index (χ4v) is 3.22. The molecule has 25 heavy (non-hydrogen) atoms. The van der Waals surface area contributed by atoms with Crippen LogP contribution in [0.5, 0.6) is 0 Å². The molecule has 3 N–H and O–H groups in total. The number of hydrogen-bond donors (Lipinski definition) is 2. The molecule has 0 heterocycles. The molecule has 0 saturated heterocycles. The average molecular weight is 344 g/mol. The Morgan fingerprint density at radius 3 is 2.72 bits per heavy atom. The molecule has 0 radical (unpaired) electrons. The Hall–Kier alpha value is -2.14. The summed E-state index contributed by atoms with van der Waals surface area (Å²) in [5, 5.41) is 15.9. The summed E-state index contributed by atoms with van der Waals surface area (Å²) < 4.78 is 0. The van der Waals surface area contributed by atoms with Crippen LogP contribution in [0.1, 0.15) is 49.7 Å². The zero-order valence-corrected chi connectivity index (χ0v) is 15.1. The molecule has 136 valence electrons. The van der Waals surface area contributed by atoms with E-state index >= 15 is 0 Å². The number of aliphatic carboxylic acids is 1. The second kappa shape index (κ2) is 9.37. The van der Waals surface area contributed by atoms with Gasteiger partial charge in [0.2, 0.25) is 5.91 Å². The first-order valence-corrected chi connectivity index (χ1v) is 9.05. The van der Waals surface area contributed by atoms with Crippen LogP contribution < -0.4 is 15.7 Å². The van der Waals surface area contributed by atoms with Crippen LogP contribution in [0.4, 0.5) is 5.69 Å². The van der Waals surface area contributed by atoms with Crippen molar-refractivity contribution < 1.29 is 20.0 Å². The van der Waals surface area contributed by atoms with E-state index in [1.165, 1.54) is 18.4 Å². The van der Waals surface area contributed by atoms with Gasteiger partial charge in [-0.1, -0.05) is 29.3 Å². The van der Waals surface area contributed by atoms with E-state index < -0.39 is 12.0 Å². The van der Waals surface area contributed by atoms with Crippen molar-refractivity contribution >= 4 is 17.6 Å². The van der Waals surface area contributed by atoms with E-state index in [1.54, 1.807) is 5.32 Å². The molecule has 1 amide bonds. The Bertz CT molecular complexity index is 652. The number of amides is 1. The van der Waals surface area contributed by atoms with E-state index in [1.807, 2.05) is 32.0 Å². The maximum Gasteiger partial charge on any atom is 0.230 e. The number of carbonyl (C=O) groups is 2. The second-order valence-electron chi connectivity index (χ2n) is 6.88. The van der Waals surface area contributed by atoms with Gasteiger partial charge in [0.25, 0.3) is 0 Å². The molecule has 0 unspecified atom stereocenters. The molecule has 5 nitrogen and oxygen atoms in total. The van der Waals surface area contributed by atoms with Gasteiger partial charge in [-0.25, -0.2) is 0 Å². The summed E-state index contributed by atoms with van der Waals surface area (Å²) in [4.78, 5) is 23.5. The Morgan fingerprint density at radius 1 is 1.28 bits per heavy atom. The monoisotopic (exact) mass is 344 g/mol. The van der Waals surface area contributed by atoms with Gasteiger partial charge in [0.1, 0.15) is 6.04 Å². The summed E-state index contributed by atoms with van der Waals surface area (Å²) in [7, 11) is 0. The lowest BCUT2D eigenvalue weighted by Gasteiger charge is -2.18. The van der Waals surface area contributed by atoms with Crippen LogP contribution in [-0.2, 0) is 9.59 Å². The third-order valence-corrected chi connectivity index (χ3v) is 4.67. The van der Waals surface area contributed by atoms with Crippen molar-refractivity contribution in [3.63, 3.8) is 0 Å². The van der Waals surface area contributed by atoms with Crippen molar-refractivity contribution in [1.82, 2.24) is 0 Å². The molecule has 1 aliphatic rings. The molecule has 0 aliphatic heterocycles. The van der Waals surface area contributed by atoms with E-state index in [-0.39, 0.29) is 12.3 Å². The summed E-state index contributed by atoms with van der Waals surface area (Å²) >= 11 is 0. The maximum atomic E-state index is 12.2. The summed E-state index contributed by atoms with van der Waals surface area (Å²) in [6.07, 6.45) is 7.74. The average Bonchev–Trinajstić information content (AvgIpc) is 2.57. The van der Waals surface area contributed by atoms with Gasteiger partial charge in [0, 0.05) is 12.1 Å². The lowest BCUT2D eigenvalue weighted by Crippen LogP contribution is -2.93. The second-order valence-corrected chi connectivity index (χ2v) is 6.88. The van der Waals surface area contributed by atoms with Gasteiger partial charge < -0.3 is 20.5 Å². The first-order valence-electron chi connectivity index (χ1n) is 9.05. The number of carboxylic acids is 1. The number of quaternary nitrogens is 1. The standard InChI is InChI=1S/C20H28N2O3/c1-14-8-9-17(15(2)12-14)22-19(23)13-18(20(24)25)21-11-10-16-6-4-3-5-7-16/h6,8-9,12,18,21H,3-5,7,10-11,13H2,1-2H3,(H,22,23)(H,24,25)/t18-/m1/s1. The number of benzene rings is 1. The predicted octanol–water partition coefficient (Wildman–Crippen LogP) is 1.20. The highest BCUT2D eigenvalue weighted by atomic mass is 16.4. The number of anilines is 1. The largest absolute Gasteiger partial charge is 0.544 e. The fourth-order valence-electron chi connectivity index (χ4n) is 3.22. The minimum atomic E-state index is -1.19. The zero-order valence-electron chi connectivity index (χ0n) is 15.1. The summed E-state index contributed by atoms with van der Waals surface area (Å²) in [5.41, 5.74) is 4.21. The van der Waals surface area contributed by atoms with E-state index in [0.29, 0.717) is 6.54 Å². The zero-order chi connectivity index (χ0) is 18.2. The SMILES string of the molecule is Cc1ccc(NC(=O)C[C@@H]([NH2+]CCC2=CCCCC2)C(=O)[O-])c(C)c1. The molecule has 5 heteroatoms. The molecule has 1 aliphatic carbocycles. The maximum absolute atomic E-state index is 12.2. The Balaban J connectivity index is 1.84. The number of carboxylic acid groups (broad SMARTS) is 1. The van der Waals surface area contributed by atoms with E-state index in [4.69, 9.17) is 0 Å². The topological polar surface area (TPSA) is 85.8 Å². The van der Waals surface area contributed by atoms with Gasteiger partial charge in [-0.3, -0.25) is 4.79 Å². The van der Waals surface area contributed by atoms with Crippen molar-refractivity contribution in [2.75, 3.05) is 11.9 Å². The predicted molar refractivity (Wildman–Crippen MR) is 95.9 cm³/mol. The smallest absolute Gasteiger partial charge is 0.230 e. The first-order chi connectivity index (χ1) is 12.0. The molecule has 2 rings (SSSR count). The van der Waals surface area contributed by atoms with Crippen molar-refractivity contribution in [2.24, 2.45) is 0 Å². The number of hydrogen-bond acceptors (Lipinski definition) is 3. The quantitative estimate of drug-likeness (QED) is 0.695. The number of nitrogens with one attached hydrogen (secondary N) is 1. The highest BCUT2D eigenvalue weighted by Crippen LogP contribution is 2.19. The van der Waals surface area contributed by atoms with E-state index in [2.05, 4.69) is 11.4 Å². The van der Waals surface area contributed by atoms with Crippen molar-refractivity contribution in [3.8, 4) is 0 Å². The van der Waals surface area contributed by atoms with Crippen LogP contribution in [0.2, 0.25) is 0 Å². The molecule has 0 bridgehead atoms. The molecular formula is C20H28N2O3. The number of nitrogens with two attached hydrogens (primary N) is 1. The lowest BCUT2D eigenvalue weighted by molar-refractivity contribution is -0.682. The van der Waals surface area contributed by atoms with Crippen LogP contribution in [0, 0.1) is 13.8 Å². The summed E-state index contributed by atoms with van der Waals surface area (Å²) in [6, 6.07) is 4.89. The first kappa shape index (κ1) is 19.2. The van der Waals surface area contributed by atoms with E-state index in [9.17, 15) is 14.7 Å². The number of aryl methyl sites for hydroxylation is 2. The van der Waals surface area contributed by atoms with Crippen LogP contribution in [0.15, 0.2) is 29.8 Å². The Kier molecular flexibility index (Phi) is 7.19. The van der Waals surface area contributed by atoms with Gasteiger partial charge in [0.15, 0.2) is 0 Å². The molecule has 1 aromatic carbocycles. The van der Waals surface area contributed by atoms with Crippen LogP contribution in [0.25, 0.3) is 0 Å². The Labute approximate surface area is 149 Å². The van der Waals surface area contributed by atoms with Gasteiger partial charge in [0.05, 0.1) is 18.9 Å². The molecule has 0 spiro atoms. The normalized spacial score (nSPS) is 15.4. The highest BCUT2D eigenvalue weighted by Gasteiger charge is 2.19. The van der Waals surface area contributed by atoms with Crippen LogP contribution in [0.3, 0.4) is 0 Å². The van der Waals surface area contributed by atoms with Crippen molar-refractivity contribution in [2.45, 2.75) is 58.4 Å². The minimum absolute atomic E-state index is 0.0886. The number of rotatable bonds is 8. The number of carbonyl (C=O) groups excluding carboxylic acids is 2. The highest BCUT2D eigenvalue weighted by molar-refractivity contribution is 5.94. The molecular weight excluding hydrogens is 316 g/mol. The summed E-state index contributed by atoms with van der Waals surface area (Å²) in [6.45, 7) is 4.58. The van der Waals surface area contributed by atoms with Crippen molar-refractivity contribution in [1.29, 1.82) is 0 Å². The van der Waals surface area contributed by atoms with Gasteiger partial charge in [-0.15, -0.1) is 0 Å². The molecule has 0 fully saturated rings. The van der Waals surface area contributed by atoms with Crippen molar-refractivity contribution in [3.05, 3.63) is 41.0 Å². The lowest BCUT2D eigenvalue weighted by atomic mass is 9.97. The molecule has 0 aromatic heterocycles. The summed E-state index contributed by atoms with van der Waals surface area (Å²) in [5.74, 6) is -1.48. The van der Waals surface area contributed by atoms with Gasteiger partial charge in [-0.2, -0.15) is 0 Å².